The summed E-state index contributed by atoms with van der Waals surface area (Å²) in [7, 11) is 0. The largest absolute Gasteiger partial charge is 0.460 e. The van der Waals surface area contributed by atoms with E-state index in [4.69, 9.17) is 14.3 Å². The second kappa shape index (κ2) is 10.2. The average molecular weight is 390 g/mol. The average Bonchev–Trinajstić information content (AvgIpc) is 2.65. The third-order valence-electron chi connectivity index (χ3n) is 4.16. The fraction of sp³-hybridized carbons (Fsp3) is 0.524. The molecule has 0 aliphatic carbocycles. The molecule has 28 heavy (non-hydrogen) atoms. The summed E-state index contributed by atoms with van der Waals surface area (Å²) >= 11 is 0. The number of hydrogen-bond donors (Lipinski definition) is 1. The van der Waals surface area contributed by atoms with E-state index in [1.807, 2.05) is 30.3 Å². The van der Waals surface area contributed by atoms with Gasteiger partial charge in [0.25, 0.3) is 0 Å². The molecule has 1 amide bonds. The van der Waals surface area contributed by atoms with Crippen molar-refractivity contribution in [2.45, 2.75) is 57.9 Å². The number of esters is 1. The Kier molecular flexibility index (Phi) is 8.02. The van der Waals surface area contributed by atoms with Gasteiger partial charge in [-0.15, -0.1) is 0 Å². The fourth-order valence-electron chi connectivity index (χ4n) is 2.89. The standard InChI is InChI=1S/C21H30N2O5/c1-5-13-26-19(24)18-12-11-17(14-23(18)20(25)28-21(2,3)4)22-27-15-16-9-7-6-8-10-16/h5-10,17-18,22H,1,11-15H2,2-4H3/t17-,18+/m1/s1. The van der Waals surface area contributed by atoms with Gasteiger partial charge < -0.3 is 9.47 Å². The number of ether oxygens (including phenoxy) is 2. The van der Waals surface area contributed by atoms with E-state index in [1.165, 1.54) is 11.0 Å². The van der Waals surface area contributed by atoms with Crippen LogP contribution in [-0.2, 0) is 25.7 Å². The molecule has 1 aliphatic rings. The lowest BCUT2D eigenvalue weighted by atomic mass is 9.99. The Labute approximate surface area is 166 Å². The maximum absolute atomic E-state index is 12.7. The van der Waals surface area contributed by atoms with Crippen molar-refractivity contribution < 1.29 is 23.9 Å². The Morgan fingerprint density at radius 2 is 1.96 bits per heavy atom. The Morgan fingerprint density at radius 1 is 1.25 bits per heavy atom. The van der Waals surface area contributed by atoms with E-state index in [0.29, 0.717) is 19.4 Å². The molecule has 1 N–H and O–H groups in total. The Bertz CT molecular complexity index is 657. The lowest BCUT2D eigenvalue weighted by molar-refractivity contribution is -0.151. The Balaban J connectivity index is 1.97. The van der Waals surface area contributed by atoms with Gasteiger partial charge in [-0.2, -0.15) is 5.48 Å². The molecule has 0 unspecified atom stereocenters. The maximum Gasteiger partial charge on any atom is 0.411 e. The van der Waals surface area contributed by atoms with E-state index >= 15 is 0 Å². The van der Waals surface area contributed by atoms with Crippen molar-refractivity contribution in [3.63, 3.8) is 0 Å². The minimum atomic E-state index is -0.679. The van der Waals surface area contributed by atoms with E-state index in [-0.39, 0.29) is 19.2 Å². The molecule has 1 aliphatic heterocycles. The first kappa shape index (κ1) is 21.9. The monoisotopic (exact) mass is 390 g/mol. The summed E-state index contributed by atoms with van der Waals surface area (Å²) in [6, 6.07) is 9.00. The molecule has 2 atom stereocenters. The van der Waals surface area contributed by atoms with Gasteiger partial charge in [-0.3, -0.25) is 9.74 Å². The summed E-state index contributed by atoms with van der Waals surface area (Å²) in [6.07, 6.45) is 2.09. The van der Waals surface area contributed by atoms with Crippen LogP contribution in [0.2, 0.25) is 0 Å². The molecule has 0 bridgehead atoms. The van der Waals surface area contributed by atoms with E-state index in [1.54, 1.807) is 20.8 Å². The van der Waals surface area contributed by atoms with Crippen molar-refractivity contribution >= 4 is 12.1 Å². The van der Waals surface area contributed by atoms with Crippen molar-refractivity contribution in [3.05, 3.63) is 48.6 Å². The zero-order chi connectivity index (χ0) is 20.6. The second-order valence-electron chi connectivity index (χ2n) is 7.73. The lowest BCUT2D eigenvalue weighted by Crippen LogP contribution is -2.56. The fourth-order valence-corrected chi connectivity index (χ4v) is 2.89. The van der Waals surface area contributed by atoms with Gasteiger partial charge in [-0.05, 0) is 39.2 Å². The van der Waals surface area contributed by atoms with Crippen LogP contribution in [0.25, 0.3) is 0 Å². The van der Waals surface area contributed by atoms with E-state index in [2.05, 4.69) is 12.1 Å². The first-order valence-electron chi connectivity index (χ1n) is 9.48. The predicted molar refractivity (Wildman–Crippen MR) is 105 cm³/mol. The number of benzene rings is 1. The highest BCUT2D eigenvalue weighted by Gasteiger charge is 2.39. The van der Waals surface area contributed by atoms with Crippen LogP contribution in [0.1, 0.15) is 39.2 Å². The topological polar surface area (TPSA) is 77.1 Å². The molecular formula is C21H30N2O5. The molecule has 0 aromatic heterocycles. The van der Waals surface area contributed by atoms with Gasteiger partial charge in [0.1, 0.15) is 18.2 Å². The molecule has 7 heteroatoms. The van der Waals surface area contributed by atoms with Gasteiger partial charge >= 0.3 is 12.1 Å². The smallest absolute Gasteiger partial charge is 0.411 e. The molecule has 1 heterocycles. The van der Waals surface area contributed by atoms with Crippen LogP contribution in [0.3, 0.4) is 0 Å². The van der Waals surface area contributed by atoms with Crippen molar-refractivity contribution in [2.75, 3.05) is 13.2 Å². The zero-order valence-electron chi connectivity index (χ0n) is 16.8. The van der Waals surface area contributed by atoms with Crippen LogP contribution in [0, 0.1) is 0 Å². The van der Waals surface area contributed by atoms with Gasteiger partial charge in [0.05, 0.1) is 12.6 Å². The highest BCUT2D eigenvalue weighted by atomic mass is 16.6. The summed E-state index contributed by atoms with van der Waals surface area (Å²) in [5, 5.41) is 0. The summed E-state index contributed by atoms with van der Waals surface area (Å²) in [6.45, 7) is 9.72. The SMILES string of the molecule is C=CCOC(=O)[C@@H]1CC[C@@H](NOCc2ccccc2)CN1C(=O)OC(C)(C)C. The minimum absolute atomic E-state index is 0.110. The minimum Gasteiger partial charge on any atom is -0.460 e. The van der Waals surface area contributed by atoms with Gasteiger partial charge in [0.2, 0.25) is 0 Å². The number of piperidine rings is 1. The molecule has 1 saturated heterocycles. The van der Waals surface area contributed by atoms with E-state index in [0.717, 1.165) is 5.56 Å². The van der Waals surface area contributed by atoms with E-state index in [9.17, 15) is 9.59 Å². The maximum atomic E-state index is 12.7. The zero-order valence-corrected chi connectivity index (χ0v) is 16.8. The number of likely N-dealkylation sites (tertiary alicyclic amines) is 1. The van der Waals surface area contributed by atoms with Crippen molar-refractivity contribution in [3.8, 4) is 0 Å². The highest BCUT2D eigenvalue weighted by molar-refractivity contribution is 5.82. The summed E-state index contributed by atoms with van der Waals surface area (Å²) in [5.74, 6) is -0.450. The number of carbonyl (C=O) groups is 2. The number of rotatable bonds is 7. The number of amides is 1. The van der Waals surface area contributed by atoms with Gasteiger partial charge in [-0.25, -0.2) is 9.59 Å². The second-order valence-corrected chi connectivity index (χ2v) is 7.73. The van der Waals surface area contributed by atoms with Crippen molar-refractivity contribution in [2.24, 2.45) is 0 Å². The molecule has 1 aromatic carbocycles. The summed E-state index contributed by atoms with van der Waals surface area (Å²) in [5.41, 5.74) is 3.39. The van der Waals surface area contributed by atoms with Gasteiger partial charge in [0.15, 0.2) is 0 Å². The number of nitrogens with one attached hydrogen (secondary N) is 1. The number of nitrogens with zero attached hydrogens (tertiary/aromatic N) is 1. The molecular weight excluding hydrogens is 360 g/mol. The number of carbonyl (C=O) groups excluding carboxylic acids is 2. The number of hydrogen-bond acceptors (Lipinski definition) is 6. The Hall–Kier alpha value is -2.38. The highest BCUT2D eigenvalue weighted by Crippen LogP contribution is 2.22. The van der Waals surface area contributed by atoms with Gasteiger partial charge in [0, 0.05) is 6.54 Å². The molecule has 1 aromatic rings. The van der Waals surface area contributed by atoms with E-state index < -0.39 is 23.7 Å². The van der Waals surface area contributed by atoms with Crippen LogP contribution < -0.4 is 5.48 Å². The molecule has 7 nitrogen and oxygen atoms in total. The van der Waals surface area contributed by atoms with Crippen LogP contribution >= 0.6 is 0 Å². The normalized spacial score (nSPS) is 19.8. The lowest BCUT2D eigenvalue weighted by Gasteiger charge is -2.38. The first-order valence-corrected chi connectivity index (χ1v) is 9.48. The molecule has 0 saturated carbocycles. The molecule has 0 spiro atoms. The van der Waals surface area contributed by atoms with Crippen LogP contribution in [-0.4, -0.2) is 47.8 Å². The summed E-state index contributed by atoms with van der Waals surface area (Å²) in [4.78, 5) is 32.0. The quantitative estimate of drug-likeness (QED) is 0.438. The first-order chi connectivity index (χ1) is 13.3. The Morgan fingerprint density at radius 3 is 2.61 bits per heavy atom. The van der Waals surface area contributed by atoms with Crippen LogP contribution in [0.4, 0.5) is 4.79 Å². The van der Waals surface area contributed by atoms with Crippen molar-refractivity contribution in [1.29, 1.82) is 0 Å². The van der Waals surface area contributed by atoms with Crippen LogP contribution in [0.5, 0.6) is 0 Å². The molecule has 0 radical (unpaired) electrons. The molecule has 2 rings (SSSR count). The van der Waals surface area contributed by atoms with Gasteiger partial charge in [-0.1, -0.05) is 43.0 Å². The van der Waals surface area contributed by atoms with Crippen LogP contribution in [0.15, 0.2) is 43.0 Å². The third kappa shape index (κ3) is 6.98. The summed E-state index contributed by atoms with van der Waals surface area (Å²) < 4.78 is 10.6. The predicted octanol–water partition coefficient (Wildman–Crippen LogP) is 3.21. The number of hydroxylamine groups is 1. The third-order valence-corrected chi connectivity index (χ3v) is 4.16. The molecule has 154 valence electrons. The van der Waals surface area contributed by atoms with Crippen molar-refractivity contribution in [1.82, 2.24) is 10.4 Å². The molecule has 1 fully saturated rings.